The van der Waals surface area contributed by atoms with E-state index in [9.17, 15) is 0 Å². The standard InChI is InChI=1S/C35H25N/c1-2-3-12-24-13-4-11-20-34(24)36-25-21-22-29-28-16-7-10-19-32(28)35(33(29)23-25)30-17-8-5-14-26(30)27-15-6-9-18-31(27)35/h2-23H,1H3/b3-2-,24-12-,36-34?. The van der Waals surface area contributed by atoms with Crippen LogP contribution in [-0.4, -0.2) is 5.71 Å². The van der Waals surface area contributed by atoms with Crippen molar-refractivity contribution in [1.29, 1.82) is 0 Å². The molecule has 0 radical (unpaired) electrons. The second-order valence-corrected chi connectivity index (χ2v) is 9.48. The van der Waals surface area contributed by atoms with Crippen LogP contribution in [0.4, 0.5) is 5.69 Å². The van der Waals surface area contributed by atoms with Crippen LogP contribution in [0, 0.1) is 0 Å². The van der Waals surface area contributed by atoms with E-state index >= 15 is 0 Å². The molecule has 0 unspecified atom stereocenters. The molecule has 3 aliphatic carbocycles. The Kier molecular flexibility index (Phi) is 4.65. The second kappa shape index (κ2) is 8.03. The molecule has 7 rings (SSSR count). The molecule has 36 heavy (non-hydrogen) atoms. The van der Waals surface area contributed by atoms with Crippen LogP contribution in [-0.2, 0) is 5.41 Å². The number of rotatable bonds is 2. The molecule has 4 aromatic carbocycles. The number of hydrogen-bond acceptors (Lipinski definition) is 1. The number of allylic oxidation sites excluding steroid dienone is 8. The third kappa shape index (κ3) is 2.80. The number of hydrogen-bond donors (Lipinski definition) is 0. The van der Waals surface area contributed by atoms with Gasteiger partial charge in [-0.15, -0.1) is 0 Å². The number of benzene rings is 4. The largest absolute Gasteiger partial charge is 0.248 e. The lowest BCUT2D eigenvalue weighted by Gasteiger charge is -2.30. The molecule has 1 heteroatoms. The molecular weight excluding hydrogens is 434 g/mol. The normalized spacial score (nSPS) is 18.1. The van der Waals surface area contributed by atoms with Gasteiger partial charge in [0.05, 0.1) is 16.8 Å². The van der Waals surface area contributed by atoms with Gasteiger partial charge in [-0.25, -0.2) is 4.99 Å². The van der Waals surface area contributed by atoms with Crippen molar-refractivity contribution in [3.8, 4) is 22.3 Å². The Morgan fingerprint density at radius 1 is 0.611 bits per heavy atom. The van der Waals surface area contributed by atoms with Crippen LogP contribution in [0.5, 0.6) is 0 Å². The van der Waals surface area contributed by atoms with Gasteiger partial charge in [-0.1, -0.05) is 115 Å². The van der Waals surface area contributed by atoms with Gasteiger partial charge in [-0.05, 0) is 69.6 Å². The maximum Gasteiger partial charge on any atom is 0.0726 e. The average molecular weight is 460 g/mol. The highest BCUT2D eigenvalue weighted by Crippen LogP contribution is 2.62. The predicted octanol–water partition coefficient (Wildman–Crippen LogP) is 8.73. The summed E-state index contributed by atoms with van der Waals surface area (Å²) in [6.45, 7) is 2.03. The molecule has 0 amide bonds. The van der Waals surface area contributed by atoms with Gasteiger partial charge in [0.1, 0.15) is 0 Å². The monoisotopic (exact) mass is 459 g/mol. The van der Waals surface area contributed by atoms with E-state index in [0.717, 1.165) is 17.0 Å². The first kappa shape index (κ1) is 20.8. The lowest BCUT2D eigenvalue weighted by molar-refractivity contribution is 0.794. The van der Waals surface area contributed by atoms with E-state index in [1.165, 1.54) is 44.5 Å². The van der Waals surface area contributed by atoms with Crippen LogP contribution in [0.1, 0.15) is 29.2 Å². The maximum absolute atomic E-state index is 5.14. The molecule has 0 saturated heterocycles. The van der Waals surface area contributed by atoms with Crippen LogP contribution in [0.3, 0.4) is 0 Å². The third-order valence-corrected chi connectivity index (χ3v) is 7.64. The highest BCUT2D eigenvalue weighted by Gasteiger charge is 2.51. The Hall–Kier alpha value is -4.49. The van der Waals surface area contributed by atoms with E-state index in [4.69, 9.17) is 4.99 Å². The zero-order valence-electron chi connectivity index (χ0n) is 20.1. The molecule has 0 aromatic heterocycles. The quantitative estimate of drug-likeness (QED) is 0.245. The minimum absolute atomic E-state index is 0.332. The van der Waals surface area contributed by atoms with E-state index < -0.39 is 0 Å². The van der Waals surface area contributed by atoms with Crippen molar-refractivity contribution in [1.82, 2.24) is 0 Å². The Morgan fingerprint density at radius 3 is 1.78 bits per heavy atom. The van der Waals surface area contributed by atoms with E-state index in [-0.39, 0.29) is 5.41 Å². The fourth-order valence-corrected chi connectivity index (χ4v) is 6.22. The molecule has 170 valence electrons. The molecular formula is C35H25N. The lowest BCUT2D eigenvalue weighted by Crippen LogP contribution is -2.25. The Bertz CT molecular complexity index is 1630. The van der Waals surface area contributed by atoms with Crippen molar-refractivity contribution < 1.29 is 0 Å². The SMILES string of the molecule is C/C=C\C=C1\C=CC=CC1=Nc1ccc2c(c1)C1(c3ccccc3-c3ccccc31)c1ccccc1-2. The molecule has 4 aromatic rings. The van der Waals surface area contributed by atoms with Gasteiger partial charge in [0, 0.05) is 5.57 Å². The van der Waals surface area contributed by atoms with E-state index in [2.05, 4.69) is 127 Å². The number of aliphatic imine (C=N–C) groups is 1. The van der Waals surface area contributed by atoms with Gasteiger partial charge in [0.15, 0.2) is 0 Å². The molecule has 0 saturated carbocycles. The molecule has 0 aliphatic heterocycles. The van der Waals surface area contributed by atoms with E-state index in [1.54, 1.807) is 0 Å². The van der Waals surface area contributed by atoms with E-state index in [0.29, 0.717) is 0 Å². The minimum Gasteiger partial charge on any atom is -0.248 e. The Morgan fingerprint density at radius 2 is 1.17 bits per heavy atom. The molecule has 0 N–H and O–H groups in total. The number of fused-ring (bicyclic) bond motifs is 10. The third-order valence-electron chi connectivity index (χ3n) is 7.64. The molecule has 0 fully saturated rings. The first-order valence-corrected chi connectivity index (χ1v) is 12.5. The van der Waals surface area contributed by atoms with Gasteiger partial charge in [0.2, 0.25) is 0 Å². The topological polar surface area (TPSA) is 12.4 Å². The maximum atomic E-state index is 5.14. The summed E-state index contributed by atoms with van der Waals surface area (Å²) in [7, 11) is 0. The molecule has 0 heterocycles. The van der Waals surface area contributed by atoms with Crippen molar-refractivity contribution in [2.45, 2.75) is 12.3 Å². The summed E-state index contributed by atoms with van der Waals surface area (Å²) < 4.78 is 0. The van der Waals surface area contributed by atoms with E-state index in [1.807, 2.05) is 13.0 Å². The first-order valence-electron chi connectivity index (χ1n) is 12.5. The molecule has 1 nitrogen and oxygen atoms in total. The average Bonchev–Trinajstić information content (AvgIpc) is 3.40. The van der Waals surface area contributed by atoms with Gasteiger partial charge in [-0.3, -0.25) is 0 Å². The van der Waals surface area contributed by atoms with Gasteiger partial charge in [0.25, 0.3) is 0 Å². The fourth-order valence-electron chi connectivity index (χ4n) is 6.22. The first-order chi connectivity index (χ1) is 17.8. The van der Waals surface area contributed by atoms with Crippen molar-refractivity contribution in [2.75, 3.05) is 0 Å². The van der Waals surface area contributed by atoms with Crippen LogP contribution >= 0.6 is 0 Å². The molecule has 0 bridgehead atoms. The summed E-state index contributed by atoms with van der Waals surface area (Å²) in [6, 6.07) is 33.5. The van der Waals surface area contributed by atoms with Crippen LogP contribution < -0.4 is 0 Å². The van der Waals surface area contributed by atoms with Gasteiger partial charge in [-0.2, -0.15) is 0 Å². The minimum atomic E-state index is -0.332. The van der Waals surface area contributed by atoms with Gasteiger partial charge >= 0.3 is 0 Å². The lowest BCUT2D eigenvalue weighted by atomic mass is 9.70. The summed E-state index contributed by atoms with van der Waals surface area (Å²) in [4.78, 5) is 5.14. The smallest absolute Gasteiger partial charge is 0.0726 e. The molecule has 3 aliphatic rings. The van der Waals surface area contributed by atoms with Gasteiger partial charge < -0.3 is 0 Å². The number of nitrogens with zero attached hydrogens (tertiary/aromatic N) is 1. The molecule has 0 atom stereocenters. The highest BCUT2D eigenvalue weighted by molar-refractivity contribution is 6.13. The summed E-state index contributed by atoms with van der Waals surface area (Å²) in [5.74, 6) is 0. The molecule has 1 spiro atoms. The summed E-state index contributed by atoms with van der Waals surface area (Å²) >= 11 is 0. The second-order valence-electron chi connectivity index (χ2n) is 9.48. The summed E-state index contributed by atoms with van der Waals surface area (Å²) in [6.07, 6.45) is 14.6. The van der Waals surface area contributed by atoms with Crippen LogP contribution in [0.25, 0.3) is 22.3 Å². The summed E-state index contributed by atoms with van der Waals surface area (Å²) in [5, 5.41) is 0. The zero-order chi connectivity index (χ0) is 24.1. The van der Waals surface area contributed by atoms with Crippen molar-refractivity contribution in [3.63, 3.8) is 0 Å². The predicted molar refractivity (Wildman–Crippen MR) is 151 cm³/mol. The van der Waals surface area contributed by atoms with Crippen molar-refractivity contribution in [2.24, 2.45) is 4.99 Å². The summed E-state index contributed by atoms with van der Waals surface area (Å²) in [5.41, 5.74) is 13.4. The fraction of sp³-hybridized carbons (Fsp3) is 0.0571. The Balaban J connectivity index is 1.51. The highest BCUT2D eigenvalue weighted by atomic mass is 14.7. The van der Waals surface area contributed by atoms with Crippen molar-refractivity contribution >= 4 is 11.4 Å². The Labute approximate surface area is 212 Å². The zero-order valence-corrected chi connectivity index (χ0v) is 20.1. The van der Waals surface area contributed by atoms with Crippen LogP contribution in [0.2, 0.25) is 0 Å². The van der Waals surface area contributed by atoms with Crippen molar-refractivity contribution in [3.05, 3.63) is 161 Å². The van der Waals surface area contributed by atoms with Crippen LogP contribution in [0.15, 0.2) is 144 Å².